The Balaban J connectivity index is 1.32. The molecule has 4 aliphatic rings. The lowest BCUT2D eigenvalue weighted by atomic mass is 9.47. The highest BCUT2D eigenvalue weighted by molar-refractivity contribution is 6.25. The van der Waals surface area contributed by atoms with Gasteiger partial charge in [-0.3, -0.25) is 14.4 Å². The average Bonchev–Trinajstić information content (AvgIpc) is 3.28. The van der Waals surface area contributed by atoms with Crippen LogP contribution in [0.25, 0.3) is 0 Å². The highest BCUT2D eigenvalue weighted by atomic mass is 19.1. The van der Waals surface area contributed by atoms with E-state index >= 15 is 0 Å². The third kappa shape index (κ3) is 3.71. The molecule has 1 fully saturated rings. The predicted octanol–water partition coefficient (Wildman–Crippen LogP) is 4.73. The van der Waals surface area contributed by atoms with Gasteiger partial charge < -0.3 is 4.74 Å². The first kappa shape index (κ1) is 25.8. The van der Waals surface area contributed by atoms with Crippen molar-refractivity contribution in [1.29, 1.82) is 0 Å². The van der Waals surface area contributed by atoms with Crippen molar-refractivity contribution in [3.05, 3.63) is 131 Å². The average molecular weight is 560 g/mol. The van der Waals surface area contributed by atoms with Crippen molar-refractivity contribution in [3.8, 4) is 5.75 Å². The maximum absolute atomic E-state index is 14.3. The van der Waals surface area contributed by atoms with Gasteiger partial charge in [0.25, 0.3) is 0 Å². The number of carbonyl (C=O) groups excluding carboxylic acids is 3. The van der Waals surface area contributed by atoms with Crippen molar-refractivity contribution in [3.63, 3.8) is 0 Å². The highest BCUT2D eigenvalue weighted by Gasteiger charge is 2.68. The molecule has 8 heteroatoms. The number of imide groups is 1. The first-order valence-electron chi connectivity index (χ1n) is 13.7. The van der Waals surface area contributed by atoms with Crippen LogP contribution in [0.15, 0.2) is 102 Å². The van der Waals surface area contributed by atoms with Crippen LogP contribution in [0.3, 0.4) is 0 Å². The zero-order chi connectivity index (χ0) is 29.0. The first-order chi connectivity index (χ1) is 20.4. The van der Waals surface area contributed by atoms with Gasteiger partial charge in [0.05, 0.1) is 36.5 Å². The number of nitrogens with zero attached hydrogens (tertiary/aromatic N) is 2. The van der Waals surface area contributed by atoms with Crippen molar-refractivity contribution in [1.82, 2.24) is 5.43 Å². The second kappa shape index (κ2) is 9.76. The first-order valence-corrected chi connectivity index (χ1v) is 13.7. The van der Waals surface area contributed by atoms with Gasteiger partial charge in [-0.05, 0) is 64.2 Å². The van der Waals surface area contributed by atoms with Gasteiger partial charge in [0, 0.05) is 12.1 Å². The molecule has 1 heterocycles. The van der Waals surface area contributed by atoms with E-state index in [1.807, 2.05) is 60.7 Å². The van der Waals surface area contributed by atoms with Crippen molar-refractivity contribution in [2.24, 2.45) is 16.9 Å². The van der Waals surface area contributed by atoms with E-state index in [0.29, 0.717) is 11.4 Å². The molecule has 4 aromatic carbocycles. The minimum absolute atomic E-state index is 0.103. The number of methoxy groups -OCH3 is 1. The second-order valence-corrected chi connectivity index (χ2v) is 10.8. The van der Waals surface area contributed by atoms with E-state index in [1.165, 1.54) is 29.2 Å². The number of anilines is 1. The summed E-state index contributed by atoms with van der Waals surface area (Å²) in [5.74, 6) is -2.60. The Kier molecular flexibility index (Phi) is 6.01. The summed E-state index contributed by atoms with van der Waals surface area (Å²) in [4.78, 5) is 42.5. The molecule has 42 heavy (non-hydrogen) atoms. The quantitative estimate of drug-likeness (QED) is 0.210. The molecule has 0 saturated carbocycles. The van der Waals surface area contributed by atoms with E-state index < -0.39 is 23.1 Å². The fourth-order valence-corrected chi connectivity index (χ4v) is 7.07. The number of hydrazone groups is 1. The largest absolute Gasteiger partial charge is 0.497 e. The number of hydrogen-bond donors (Lipinski definition) is 1. The normalized spacial score (nSPS) is 23.5. The molecule has 3 aliphatic carbocycles. The van der Waals surface area contributed by atoms with E-state index in [1.54, 1.807) is 25.5 Å². The Morgan fingerprint density at radius 2 is 1.52 bits per heavy atom. The number of amides is 3. The van der Waals surface area contributed by atoms with Crippen LogP contribution in [-0.4, -0.2) is 31.0 Å². The molecule has 8 rings (SSSR count). The zero-order valence-corrected chi connectivity index (χ0v) is 22.7. The summed E-state index contributed by atoms with van der Waals surface area (Å²) < 4.78 is 18.9. The molecule has 1 saturated heterocycles. The Hall–Kier alpha value is -5.11. The molecule has 0 unspecified atom stereocenters. The van der Waals surface area contributed by atoms with Gasteiger partial charge in [-0.1, -0.05) is 60.7 Å². The summed E-state index contributed by atoms with van der Waals surface area (Å²) in [5.41, 5.74) is 6.33. The number of carbonyl (C=O) groups is 3. The van der Waals surface area contributed by atoms with Crippen LogP contribution in [0.1, 0.15) is 33.7 Å². The molecule has 4 aromatic rings. The Morgan fingerprint density at radius 3 is 2.14 bits per heavy atom. The number of hydrogen-bond acceptors (Lipinski definition) is 5. The third-order valence-electron chi connectivity index (χ3n) is 8.75. The van der Waals surface area contributed by atoms with E-state index in [0.717, 1.165) is 27.8 Å². The molecule has 2 atom stereocenters. The predicted molar refractivity (Wildman–Crippen MR) is 155 cm³/mol. The molecule has 1 N–H and O–H groups in total. The van der Waals surface area contributed by atoms with Gasteiger partial charge >= 0.3 is 0 Å². The molecule has 7 nitrogen and oxygen atoms in total. The zero-order valence-electron chi connectivity index (χ0n) is 22.7. The number of rotatable bonds is 6. The van der Waals surface area contributed by atoms with Gasteiger partial charge in [0.2, 0.25) is 17.7 Å². The van der Waals surface area contributed by atoms with Crippen molar-refractivity contribution in [2.75, 3.05) is 12.0 Å². The van der Waals surface area contributed by atoms with Crippen LogP contribution in [0.4, 0.5) is 10.1 Å². The summed E-state index contributed by atoms with van der Waals surface area (Å²) >= 11 is 0. The molecule has 208 valence electrons. The van der Waals surface area contributed by atoms with Gasteiger partial charge in [0.15, 0.2) is 0 Å². The fraction of sp³-hybridized carbons (Fsp3) is 0.176. The molecule has 0 aromatic heterocycles. The highest BCUT2D eigenvalue weighted by Crippen LogP contribution is 2.63. The lowest BCUT2D eigenvalue weighted by Gasteiger charge is -2.52. The van der Waals surface area contributed by atoms with E-state index in [9.17, 15) is 18.8 Å². The van der Waals surface area contributed by atoms with Crippen LogP contribution in [0.2, 0.25) is 0 Å². The van der Waals surface area contributed by atoms with Crippen molar-refractivity contribution in [2.45, 2.75) is 17.8 Å². The summed E-state index contributed by atoms with van der Waals surface area (Å²) in [6.45, 7) is 0. The molecule has 2 bridgehead atoms. The molecule has 0 spiro atoms. The lowest BCUT2D eigenvalue weighted by Crippen LogP contribution is -2.54. The molecule has 0 radical (unpaired) electrons. The standard InChI is InChI=1S/C34H26FN3O4/c1-42-23-16-10-20(11-17-23)18-28(39)37-36-19-34-26-8-4-2-6-24(26)29(25-7-3-5-9-27(25)34)30-31(34)33(41)38(32(30)40)22-14-12-21(35)13-15-22/h2-17,19,29-31H,18H2,1H3,(H,37,39)/b36-19-/t29?,30-,31+,34?/m1/s1. The second-order valence-electron chi connectivity index (χ2n) is 10.8. The molecule has 1 aliphatic heterocycles. The van der Waals surface area contributed by atoms with Crippen molar-refractivity contribution >= 4 is 29.6 Å². The fourth-order valence-electron chi connectivity index (χ4n) is 7.07. The Labute approximate surface area is 241 Å². The van der Waals surface area contributed by atoms with E-state index in [2.05, 4.69) is 10.5 Å². The maximum atomic E-state index is 14.3. The van der Waals surface area contributed by atoms with Crippen LogP contribution >= 0.6 is 0 Å². The topological polar surface area (TPSA) is 88.1 Å². The van der Waals surface area contributed by atoms with Gasteiger partial charge in [0.1, 0.15) is 11.6 Å². The molecular weight excluding hydrogens is 533 g/mol. The smallest absolute Gasteiger partial charge is 0.244 e. The number of ether oxygens (including phenoxy) is 1. The summed E-state index contributed by atoms with van der Waals surface area (Å²) in [6.07, 6.45) is 1.73. The maximum Gasteiger partial charge on any atom is 0.244 e. The SMILES string of the molecule is COc1ccc(CC(=O)N/N=C\C23c4ccccc4C(c4ccccc42)[C@H]2C(=O)N(c4ccc(F)cc4)C(=O)[C@H]23)cc1. The Bertz CT molecular complexity index is 1720. The molecular formula is C34H26FN3O4. The minimum Gasteiger partial charge on any atom is -0.497 e. The van der Waals surface area contributed by atoms with Gasteiger partial charge in [-0.25, -0.2) is 14.7 Å². The van der Waals surface area contributed by atoms with Gasteiger partial charge in [-0.2, -0.15) is 5.10 Å². The molecule has 3 amide bonds. The van der Waals surface area contributed by atoms with E-state index in [-0.39, 0.29) is 30.1 Å². The lowest BCUT2D eigenvalue weighted by molar-refractivity contribution is -0.123. The summed E-state index contributed by atoms with van der Waals surface area (Å²) in [6, 6.07) is 28.2. The summed E-state index contributed by atoms with van der Waals surface area (Å²) in [5, 5.41) is 4.44. The number of nitrogens with one attached hydrogen (secondary N) is 1. The van der Waals surface area contributed by atoms with Crippen LogP contribution in [0.5, 0.6) is 5.75 Å². The number of halogens is 1. The van der Waals surface area contributed by atoms with Gasteiger partial charge in [-0.15, -0.1) is 0 Å². The third-order valence-corrected chi connectivity index (χ3v) is 8.75. The summed E-state index contributed by atoms with van der Waals surface area (Å²) in [7, 11) is 1.58. The van der Waals surface area contributed by atoms with E-state index in [4.69, 9.17) is 4.74 Å². The Morgan fingerprint density at radius 1 is 0.905 bits per heavy atom. The van der Waals surface area contributed by atoms with Crippen LogP contribution in [0, 0.1) is 17.7 Å². The monoisotopic (exact) mass is 559 g/mol. The number of benzene rings is 4. The van der Waals surface area contributed by atoms with Crippen LogP contribution < -0.4 is 15.1 Å². The van der Waals surface area contributed by atoms with Crippen molar-refractivity contribution < 1.29 is 23.5 Å². The van der Waals surface area contributed by atoms with Crippen LogP contribution in [-0.2, 0) is 26.2 Å². The minimum atomic E-state index is -1.11.